The van der Waals surface area contributed by atoms with Crippen molar-refractivity contribution in [3.63, 3.8) is 0 Å². The fraction of sp³-hybridized carbons (Fsp3) is 0.462. The fourth-order valence-corrected chi connectivity index (χ4v) is 4.59. The van der Waals surface area contributed by atoms with E-state index in [-0.39, 0.29) is 43.4 Å². The molecular formula is C26H31ClF2N4O2. The van der Waals surface area contributed by atoms with Gasteiger partial charge < -0.3 is 19.9 Å². The van der Waals surface area contributed by atoms with Gasteiger partial charge in [-0.15, -0.1) is 0 Å². The Morgan fingerprint density at radius 1 is 1.23 bits per heavy atom. The van der Waals surface area contributed by atoms with Gasteiger partial charge in [0.25, 0.3) is 11.8 Å². The molecule has 1 unspecified atom stereocenters. The number of pyridine rings is 1. The molecule has 1 aromatic carbocycles. The second kappa shape index (κ2) is 9.74. The minimum absolute atomic E-state index is 0.0358. The number of amides is 1. The second-order valence-electron chi connectivity index (χ2n) is 10.1. The summed E-state index contributed by atoms with van der Waals surface area (Å²) in [6.45, 7) is 6.80. The predicted octanol–water partition coefficient (Wildman–Crippen LogP) is 5.41. The topological polar surface area (TPSA) is 57.7 Å². The van der Waals surface area contributed by atoms with Gasteiger partial charge in [-0.25, -0.2) is 8.78 Å². The quantitative estimate of drug-likeness (QED) is 0.590. The number of benzene rings is 1. The highest BCUT2D eigenvalue weighted by Gasteiger charge is 2.36. The van der Waals surface area contributed by atoms with Crippen molar-refractivity contribution in [1.29, 1.82) is 0 Å². The molecule has 2 aliphatic rings. The Morgan fingerprint density at radius 2 is 1.94 bits per heavy atom. The first-order valence-corrected chi connectivity index (χ1v) is 12.0. The number of methoxy groups -OCH3 is 1. The van der Waals surface area contributed by atoms with E-state index in [0.29, 0.717) is 17.3 Å². The molecule has 2 aromatic rings. The predicted molar refractivity (Wildman–Crippen MR) is 132 cm³/mol. The molecule has 188 valence electrons. The first-order chi connectivity index (χ1) is 16.5. The number of rotatable bonds is 5. The number of carbonyl (C=O) groups excluding carboxylic acids is 1. The van der Waals surface area contributed by atoms with Crippen molar-refractivity contribution in [2.75, 3.05) is 26.9 Å². The zero-order valence-corrected chi connectivity index (χ0v) is 21.2. The van der Waals surface area contributed by atoms with Crippen molar-refractivity contribution < 1.29 is 18.3 Å². The van der Waals surface area contributed by atoms with Crippen LogP contribution in [0.25, 0.3) is 5.70 Å². The lowest BCUT2D eigenvalue weighted by atomic mass is 9.90. The number of likely N-dealkylation sites (tertiary alicyclic amines) is 1. The lowest BCUT2D eigenvalue weighted by Crippen LogP contribution is -2.42. The van der Waals surface area contributed by atoms with Gasteiger partial charge in [0.1, 0.15) is 12.9 Å². The molecule has 1 amide bonds. The Labute approximate surface area is 209 Å². The highest BCUT2D eigenvalue weighted by Crippen LogP contribution is 2.35. The Morgan fingerprint density at radius 3 is 2.57 bits per heavy atom. The van der Waals surface area contributed by atoms with E-state index in [1.54, 1.807) is 25.3 Å². The van der Waals surface area contributed by atoms with Crippen molar-refractivity contribution in [2.45, 2.75) is 51.1 Å². The molecule has 3 heterocycles. The number of aromatic nitrogens is 1. The van der Waals surface area contributed by atoms with Crippen LogP contribution in [0.4, 0.5) is 8.78 Å². The molecule has 4 rings (SSSR count). The first-order valence-electron chi connectivity index (χ1n) is 11.6. The maximum absolute atomic E-state index is 13.5. The molecule has 6 nitrogen and oxygen atoms in total. The summed E-state index contributed by atoms with van der Waals surface area (Å²) in [4.78, 5) is 20.9. The number of ether oxygens (including phenoxy) is 1. The van der Waals surface area contributed by atoms with E-state index in [1.807, 2.05) is 23.4 Å². The van der Waals surface area contributed by atoms with E-state index in [2.05, 4.69) is 37.1 Å². The molecule has 0 saturated carbocycles. The van der Waals surface area contributed by atoms with Crippen molar-refractivity contribution in [3.8, 4) is 0 Å². The Kier molecular flexibility index (Phi) is 7.06. The molecular weight excluding hydrogens is 474 g/mol. The van der Waals surface area contributed by atoms with Gasteiger partial charge in [-0.05, 0) is 29.8 Å². The number of piperidine rings is 1. The number of alkyl halides is 2. The third-order valence-electron chi connectivity index (χ3n) is 6.35. The molecule has 0 radical (unpaired) electrons. The molecule has 1 atom stereocenters. The molecule has 9 heteroatoms. The SMILES string of the molecule is COCN1C=C(c2ccc(C(=O)N3CCC(F)(F)CC3)cc2Cl)NC1c1ccnc(C(C)(C)C)c1. The van der Waals surface area contributed by atoms with Crippen LogP contribution >= 0.6 is 11.6 Å². The van der Waals surface area contributed by atoms with E-state index >= 15 is 0 Å². The number of hydrogen-bond donors (Lipinski definition) is 1. The van der Waals surface area contributed by atoms with Crippen LogP contribution < -0.4 is 5.32 Å². The molecule has 0 spiro atoms. The Bertz CT molecular complexity index is 1120. The highest BCUT2D eigenvalue weighted by molar-refractivity contribution is 6.32. The van der Waals surface area contributed by atoms with Crippen LogP contribution in [-0.2, 0) is 10.2 Å². The second-order valence-corrected chi connectivity index (χ2v) is 10.5. The number of nitrogens with zero attached hydrogens (tertiary/aromatic N) is 3. The van der Waals surface area contributed by atoms with Crippen LogP contribution in [0.5, 0.6) is 0 Å². The smallest absolute Gasteiger partial charge is 0.253 e. The van der Waals surface area contributed by atoms with E-state index in [0.717, 1.165) is 22.5 Å². The maximum atomic E-state index is 13.5. The number of hydrogen-bond acceptors (Lipinski definition) is 5. The minimum atomic E-state index is -2.70. The summed E-state index contributed by atoms with van der Waals surface area (Å²) in [7, 11) is 1.64. The minimum Gasteiger partial charge on any atom is -0.364 e. The van der Waals surface area contributed by atoms with Gasteiger partial charge in [0.2, 0.25) is 0 Å². The summed E-state index contributed by atoms with van der Waals surface area (Å²) >= 11 is 6.61. The highest BCUT2D eigenvalue weighted by atomic mass is 35.5. The molecule has 1 fully saturated rings. The molecule has 2 aliphatic heterocycles. The summed E-state index contributed by atoms with van der Waals surface area (Å²) in [5.41, 5.74) is 3.85. The summed E-state index contributed by atoms with van der Waals surface area (Å²) < 4.78 is 32.3. The van der Waals surface area contributed by atoms with Crippen LogP contribution in [0.3, 0.4) is 0 Å². The van der Waals surface area contributed by atoms with Crippen molar-refractivity contribution in [1.82, 2.24) is 20.1 Å². The van der Waals surface area contributed by atoms with Crippen LogP contribution in [0.15, 0.2) is 42.7 Å². The van der Waals surface area contributed by atoms with E-state index < -0.39 is 5.92 Å². The van der Waals surface area contributed by atoms with Gasteiger partial charge in [-0.2, -0.15) is 0 Å². The fourth-order valence-electron chi connectivity index (χ4n) is 4.30. The molecule has 1 N–H and O–H groups in total. The Hall–Kier alpha value is -2.71. The normalized spacial score (nSPS) is 20.0. The molecule has 1 saturated heterocycles. The molecule has 0 aliphatic carbocycles. The number of halogens is 3. The van der Waals surface area contributed by atoms with Crippen molar-refractivity contribution in [2.24, 2.45) is 0 Å². The molecule has 35 heavy (non-hydrogen) atoms. The van der Waals surface area contributed by atoms with E-state index in [9.17, 15) is 13.6 Å². The Balaban J connectivity index is 1.55. The summed E-state index contributed by atoms with van der Waals surface area (Å²) in [6.07, 6.45) is 2.95. The van der Waals surface area contributed by atoms with E-state index in [4.69, 9.17) is 16.3 Å². The standard InChI is InChI=1S/C26H31ClF2N4O2/c1-25(2,3)22-14-17(7-10-30-22)23-31-21(15-33(23)16-35-4)19-6-5-18(13-20(19)27)24(34)32-11-8-26(28,29)9-12-32/h5-7,10,13-15,23,31H,8-9,11-12,16H2,1-4H3. The van der Waals surface area contributed by atoms with Crippen molar-refractivity contribution in [3.05, 3.63) is 70.1 Å². The van der Waals surface area contributed by atoms with Gasteiger partial charge in [0.15, 0.2) is 0 Å². The number of nitrogens with one attached hydrogen (secondary N) is 1. The molecule has 1 aromatic heterocycles. The maximum Gasteiger partial charge on any atom is 0.253 e. The van der Waals surface area contributed by atoms with Crippen LogP contribution in [0.2, 0.25) is 5.02 Å². The van der Waals surface area contributed by atoms with Gasteiger partial charge in [-0.1, -0.05) is 38.4 Å². The lowest BCUT2D eigenvalue weighted by Gasteiger charge is -2.31. The zero-order chi connectivity index (χ0) is 25.4. The third-order valence-corrected chi connectivity index (χ3v) is 6.67. The van der Waals surface area contributed by atoms with Gasteiger partial charge in [0.05, 0.1) is 10.7 Å². The number of carbonyl (C=O) groups is 1. The van der Waals surface area contributed by atoms with Gasteiger partial charge >= 0.3 is 0 Å². The first kappa shape index (κ1) is 25.4. The van der Waals surface area contributed by atoms with Gasteiger partial charge in [-0.3, -0.25) is 9.78 Å². The largest absolute Gasteiger partial charge is 0.364 e. The van der Waals surface area contributed by atoms with Crippen LogP contribution in [0, 0.1) is 0 Å². The summed E-state index contributed by atoms with van der Waals surface area (Å²) in [5, 5.41) is 3.92. The van der Waals surface area contributed by atoms with Crippen molar-refractivity contribution >= 4 is 23.2 Å². The lowest BCUT2D eigenvalue weighted by molar-refractivity contribution is -0.0494. The average Bonchev–Trinajstić information content (AvgIpc) is 3.22. The van der Waals surface area contributed by atoms with E-state index in [1.165, 1.54) is 4.90 Å². The molecule has 0 bridgehead atoms. The van der Waals surface area contributed by atoms with Crippen LogP contribution in [-0.4, -0.2) is 53.5 Å². The summed E-state index contributed by atoms with van der Waals surface area (Å²) in [6, 6.07) is 9.14. The third kappa shape index (κ3) is 5.59. The summed E-state index contributed by atoms with van der Waals surface area (Å²) in [5.74, 6) is -2.99. The van der Waals surface area contributed by atoms with Gasteiger partial charge in [0, 0.05) is 67.7 Å². The zero-order valence-electron chi connectivity index (χ0n) is 20.4. The monoisotopic (exact) mass is 504 g/mol. The van der Waals surface area contributed by atoms with Crippen LogP contribution in [0.1, 0.15) is 67.0 Å². The average molecular weight is 505 g/mol.